The lowest BCUT2D eigenvalue weighted by atomic mass is 10.2. The molecule has 1 atom stereocenters. The number of nitrogens with zero attached hydrogens (tertiary/aromatic N) is 3. The summed E-state index contributed by atoms with van der Waals surface area (Å²) in [6.07, 6.45) is 0. The smallest absolute Gasteiger partial charge is 0.270 e. The minimum absolute atomic E-state index is 0.119. The molecule has 0 saturated carbocycles. The van der Waals surface area contributed by atoms with Crippen molar-refractivity contribution in [1.29, 1.82) is 0 Å². The van der Waals surface area contributed by atoms with Crippen LogP contribution in [0.5, 0.6) is 0 Å². The van der Waals surface area contributed by atoms with Crippen LogP contribution in [0.15, 0.2) is 23.0 Å². The number of hydrogen-bond acceptors (Lipinski definition) is 5. The molecule has 2 aromatic rings. The first-order chi connectivity index (χ1) is 9.45. The molecular weight excluding hydrogens is 262 g/mol. The van der Waals surface area contributed by atoms with Crippen molar-refractivity contribution in [2.45, 2.75) is 19.9 Å². The molecule has 0 radical (unpaired) electrons. The van der Waals surface area contributed by atoms with Crippen molar-refractivity contribution >= 4 is 16.6 Å². The van der Waals surface area contributed by atoms with Crippen LogP contribution < -0.4 is 5.56 Å². The van der Waals surface area contributed by atoms with Gasteiger partial charge < -0.3 is 4.74 Å². The van der Waals surface area contributed by atoms with Crippen LogP contribution in [0.1, 0.15) is 18.8 Å². The number of non-ortho nitro benzene ring substituents is 1. The maximum atomic E-state index is 12.5. The second-order valence-corrected chi connectivity index (χ2v) is 4.60. The van der Waals surface area contributed by atoms with Gasteiger partial charge in [0.05, 0.1) is 28.5 Å². The van der Waals surface area contributed by atoms with E-state index in [1.807, 2.05) is 6.92 Å². The molecule has 0 aliphatic carbocycles. The van der Waals surface area contributed by atoms with Crippen LogP contribution in [0.3, 0.4) is 0 Å². The average Bonchev–Trinajstić information content (AvgIpc) is 2.38. The SMILES string of the molecule is COCC(C)n1c(C)nc2ccc([N+](=O)[O-])cc2c1=O. The lowest BCUT2D eigenvalue weighted by molar-refractivity contribution is -0.384. The van der Waals surface area contributed by atoms with E-state index in [1.54, 1.807) is 14.0 Å². The Kier molecular flexibility index (Phi) is 3.80. The summed E-state index contributed by atoms with van der Waals surface area (Å²) < 4.78 is 6.54. The Labute approximate surface area is 115 Å². The topological polar surface area (TPSA) is 87.3 Å². The number of benzene rings is 1. The zero-order valence-corrected chi connectivity index (χ0v) is 11.5. The predicted molar refractivity (Wildman–Crippen MR) is 74.0 cm³/mol. The number of methoxy groups -OCH3 is 1. The zero-order valence-electron chi connectivity index (χ0n) is 11.5. The number of fused-ring (bicyclic) bond motifs is 1. The Morgan fingerprint density at radius 1 is 1.50 bits per heavy atom. The zero-order chi connectivity index (χ0) is 14.9. The molecule has 0 bridgehead atoms. The molecule has 1 aromatic heterocycles. The van der Waals surface area contributed by atoms with Gasteiger partial charge in [0, 0.05) is 19.2 Å². The highest BCUT2D eigenvalue weighted by molar-refractivity contribution is 5.80. The van der Waals surface area contributed by atoms with E-state index in [0.29, 0.717) is 17.9 Å². The highest BCUT2D eigenvalue weighted by Gasteiger charge is 2.16. The quantitative estimate of drug-likeness (QED) is 0.628. The number of hydrogen-bond donors (Lipinski definition) is 0. The summed E-state index contributed by atoms with van der Waals surface area (Å²) in [4.78, 5) is 27.1. The molecule has 20 heavy (non-hydrogen) atoms. The minimum atomic E-state index is -0.526. The van der Waals surface area contributed by atoms with E-state index in [0.717, 1.165) is 0 Å². The molecule has 1 heterocycles. The third-order valence-corrected chi connectivity index (χ3v) is 3.12. The lowest BCUT2D eigenvalue weighted by Crippen LogP contribution is -2.29. The molecule has 7 heteroatoms. The third kappa shape index (κ3) is 2.39. The van der Waals surface area contributed by atoms with Crippen molar-refractivity contribution < 1.29 is 9.66 Å². The number of ether oxygens (including phenoxy) is 1. The molecule has 0 fully saturated rings. The summed E-state index contributed by atoms with van der Waals surface area (Å²) in [6, 6.07) is 3.91. The molecule has 0 spiro atoms. The molecule has 0 aliphatic heterocycles. The molecule has 0 aliphatic rings. The average molecular weight is 277 g/mol. The van der Waals surface area contributed by atoms with Gasteiger partial charge >= 0.3 is 0 Å². The summed E-state index contributed by atoms with van der Waals surface area (Å²) in [5.74, 6) is 0.556. The van der Waals surface area contributed by atoms with E-state index in [1.165, 1.54) is 22.8 Å². The van der Waals surface area contributed by atoms with Crippen LogP contribution in [-0.4, -0.2) is 28.2 Å². The maximum Gasteiger partial charge on any atom is 0.270 e. The molecule has 0 saturated heterocycles. The van der Waals surface area contributed by atoms with Gasteiger partial charge in [-0.1, -0.05) is 0 Å². The van der Waals surface area contributed by atoms with Crippen molar-refractivity contribution in [2.24, 2.45) is 0 Å². The molecule has 1 aromatic carbocycles. The summed E-state index contributed by atoms with van der Waals surface area (Å²) in [5, 5.41) is 11.0. The molecular formula is C13H15N3O4. The number of aromatic nitrogens is 2. The number of nitro benzene ring substituents is 1. The molecule has 7 nitrogen and oxygen atoms in total. The molecule has 106 valence electrons. The van der Waals surface area contributed by atoms with Gasteiger partial charge in [-0.25, -0.2) is 4.98 Å². The van der Waals surface area contributed by atoms with Gasteiger partial charge in [-0.3, -0.25) is 19.5 Å². The summed E-state index contributed by atoms with van der Waals surface area (Å²) in [7, 11) is 1.55. The first-order valence-corrected chi connectivity index (χ1v) is 6.12. The van der Waals surface area contributed by atoms with E-state index in [-0.39, 0.29) is 22.7 Å². The van der Waals surface area contributed by atoms with Crippen LogP contribution in [0.2, 0.25) is 0 Å². The molecule has 0 N–H and O–H groups in total. The van der Waals surface area contributed by atoms with Crippen molar-refractivity contribution in [3.8, 4) is 0 Å². The highest BCUT2D eigenvalue weighted by Crippen LogP contribution is 2.18. The highest BCUT2D eigenvalue weighted by atomic mass is 16.6. The Bertz CT molecular complexity index is 723. The summed E-state index contributed by atoms with van der Waals surface area (Å²) >= 11 is 0. The largest absolute Gasteiger partial charge is 0.383 e. The van der Waals surface area contributed by atoms with E-state index in [2.05, 4.69) is 4.98 Å². The van der Waals surface area contributed by atoms with E-state index < -0.39 is 4.92 Å². The normalized spacial score (nSPS) is 12.6. The first-order valence-electron chi connectivity index (χ1n) is 6.12. The van der Waals surface area contributed by atoms with Gasteiger partial charge in [-0.2, -0.15) is 0 Å². The molecule has 0 amide bonds. The van der Waals surface area contributed by atoms with Crippen LogP contribution in [0.4, 0.5) is 5.69 Å². The van der Waals surface area contributed by atoms with Gasteiger partial charge in [0.25, 0.3) is 11.2 Å². The van der Waals surface area contributed by atoms with Crippen molar-refractivity contribution in [1.82, 2.24) is 9.55 Å². The summed E-state index contributed by atoms with van der Waals surface area (Å²) in [6.45, 7) is 3.93. The Morgan fingerprint density at radius 2 is 2.20 bits per heavy atom. The van der Waals surface area contributed by atoms with Gasteiger partial charge in [0.2, 0.25) is 0 Å². The van der Waals surface area contributed by atoms with Gasteiger partial charge in [-0.15, -0.1) is 0 Å². The minimum Gasteiger partial charge on any atom is -0.383 e. The Hall–Kier alpha value is -2.28. The van der Waals surface area contributed by atoms with Gasteiger partial charge in [0.15, 0.2) is 0 Å². The molecule has 1 unspecified atom stereocenters. The third-order valence-electron chi connectivity index (χ3n) is 3.12. The Balaban J connectivity index is 2.71. The van der Waals surface area contributed by atoms with Crippen molar-refractivity contribution in [2.75, 3.05) is 13.7 Å². The maximum absolute atomic E-state index is 12.5. The van der Waals surface area contributed by atoms with E-state index in [9.17, 15) is 14.9 Å². The van der Waals surface area contributed by atoms with Crippen LogP contribution in [0.25, 0.3) is 10.9 Å². The van der Waals surface area contributed by atoms with E-state index in [4.69, 9.17) is 4.74 Å². The standard InChI is InChI=1S/C13H15N3O4/c1-8(7-20-3)15-9(2)14-12-5-4-10(16(18)19)6-11(12)13(15)17/h4-6,8H,7H2,1-3H3. The van der Waals surface area contributed by atoms with E-state index >= 15 is 0 Å². The predicted octanol–water partition coefficient (Wildman–Crippen LogP) is 1.82. The summed E-state index contributed by atoms with van der Waals surface area (Å²) in [5.41, 5.74) is 0.0471. The number of rotatable bonds is 4. The van der Waals surface area contributed by atoms with Crippen LogP contribution in [-0.2, 0) is 4.74 Å². The number of aryl methyl sites for hydroxylation is 1. The first kappa shape index (κ1) is 14.1. The fourth-order valence-electron chi connectivity index (χ4n) is 2.25. The van der Waals surface area contributed by atoms with Crippen molar-refractivity contribution in [3.05, 3.63) is 44.5 Å². The Morgan fingerprint density at radius 3 is 2.80 bits per heavy atom. The second kappa shape index (κ2) is 5.38. The van der Waals surface area contributed by atoms with Gasteiger partial charge in [-0.05, 0) is 19.9 Å². The van der Waals surface area contributed by atoms with Crippen LogP contribution >= 0.6 is 0 Å². The van der Waals surface area contributed by atoms with Crippen molar-refractivity contribution in [3.63, 3.8) is 0 Å². The monoisotopic (exact) mass is 277 g/mol. The lowest BCUT2D eigenvalue weighted by Gasteiger charge is -2.17. The second-order valence-electron chi connectivity index (χ2n) is 4.60. The molecule has 2 rings (SSSR count). The van der Waals surface area contributed by atoms with Gasteiger partial charge in [0.1, 0.15) is 5.82 Å². The fourth-order valence-corrected chi connectivity index (χ4v) is 2.25. The number of nitro groups is 1. The fraction of sp³-hybridized carbons (Fsp3) is 0.385. The van der Waals surface area contributed by atoms with Crippen LogP contribution in [0, 0.1) is 17.0 Å².